The van der Waals surface area contributed by atoms with Crippen LogP contribution in [0.1, 0.15) is 48.8 Å². The number of Topliss-reactive ketones (excluding diaryl/α,β-unsaturated/α-hetero) is 1. The quantitative estimate of drug-likeness (QED) is 0.517. The summed E-state index contributed by atoms with van der Waals surface area (Å²) in [5, 5.41) is 1.53. The topological polar surface area (TPSA) is 71.6 Å². The van der Waals surface area contributed by atoms with Crippen molar-refractivity contribution < 1.29 is 4.79 Å². The van der Waals surface area contributed by atoms with Crippen LogP contribution in [0.3, 0.4) is 0 Å². The summed E-state index contributed by atoms with van der Waals surface area (Å²) in [6.07, 6.45) is 11.3. The van der Waals surface area contributed by atoms with Crippen LogP contribution in [0.5, 0.6) is 0 Å². The van der Waals surface area contributed by atoms with Crippen LogP contribution < -0.4 is 10.9 Å². The summed E-state index contributed by atoms with van der Waals surface area (Å²) in [4.78, 5) is 20.8. The van der Waals surface area contributed by atoms with Crippen molar-refractivity contribution >= 4 is 23.4 Å². The number of hydrogen-bond acceptors (Lipinski definition) is 5. The Morgan fingerprint density at radius 3 is 2.61 bits per heavy atom. The fraction of sp³-hybridized carbons (Fsp3) is 0.192. The molecule has 2 heterocycles. The first kappa shape index (κ1) is 20.7. The first-order valence-electron chi connectivity index (χ1n) is 10.5. The lowest BCUT2D eigenvalue weighted by atomic mass is 9.78. The number of hydrazine groups is 1. The van der Waals surface area contributed by atoms with Gasteiger partial charge in [-0.1, -0.05) is 62.6 Å². The van der Waals surface area contributed by atoms with Gasteiger partial charge in [-0.25, -0.2) is 20.8 Å². The zero-order valence-electron chi connectivity index (χ0n) is 17.7. The van der Waals surface area contributed by atoms with Gasteiger partial charge in [-0.05, 0) is 35.6 Å². The summed E-state index contributed by atoms with van der Waals surface area (Å²) >= 11 is 0. The normalized spacial score (nSPS) is 17.5. The molecule has 0 bridgehead atoms. The molecule has 1 saturated carbocycles. The smallest absolute Gasteiger partial charge is 0.158 e. The summed E-state index contributed by atoms with van der Waals surface area (Å²) in [5.74, 6) is 8.35. The molecular weight excluding hydrogens is 384 g/mol. The number of aromatic nitrogens is 1. The van der Waals surface area contributed by atoms with Gasteiger partial charge in [0.1, 0.15) is 11.6 Å². The highest BCUT2D eigenvalue weighted by atomic mass is 16.1. The highest BCUT2D eigenvalue weighted by Crippen LogP contribution is 2.37. The summed E-state index contributed by atoms with van der Waals surface area (Å²) in [5.41, 5.74) is 5.67. The number of ketones is 1. The number of carbonyl (C=O) groups excluding carboxylic acids is 1. The fourth-order valence-corrected chi connectivity index (χ4v) is 3.92. The van der Waals surface area contributed by atoms with Crippen molar-refractivity contribution in [1.29, 1.82) is 0 Å². The Bertz CT molecular complexity index is 1130. The fourth-order valence-electron chi connectivity index (χ4n) is 3.92. The predicted octanol–water partition coefficient (Wildman–Crippen LogP) is 5.31. The number of nitrogens with zero attached hydrogens (tertiary/aromatic N) is 3. The summed E-state index contributed by atoms with van der Waals surface area (Å²) in [6, 6.07) is 10.3. The predicted molar refractivity (Wildman–Crippen MR) is 128 cm³/mol. The van der Waals surface area contributed by atoms with Crippen molar-refractivity contribution in [2.75, 3.05) is 5.01 Å². The molecule has 31 heavy (non-hydrogen) atoms. The van der Waals surface area contributed by atoms with Crippen LogP contribution in [0.4, 0.5) is 5.82 Å². The largest absolute Gasteiger partial charge is 0.300 e. The minimum absolute atomic E-state index is 0.332. The molecular formula is C26H26N4O. The van der Waals surface area contributed by atoms with Crippen molar-refractivity contribution in [2.45, 2.75) is 32.1 Å². The van der Waals surface area contributed by atoms with E-state index in [1.165, 1.54) is 10.6 Å². The van der Waals surface area contributed by atoms with E-state index in [4.69, 9.17) is 10.8 Å². The number of rotatable bonds is 6. The second kappa shape index (κ2) is 8.66. The van der Waals surface area contributed by atoms with Crippen molar-refractivity contribution in [3.05, 3.63) is 90.3 Å². The highest BCUT2D eigenvalue weighted by molar-refractivity contribution is 5.95. The number of benzene rings is 1. The van der Waals surface area contributed by atoms with E-state index in [-0.39, 0.29) is 0 Å². The third-order valence-electron chi connectivity index (χ3n) is 5.66. The molecule has 0 atom stereocenters. The van der Waals surface area contributed by atoms with E-state index in [9.17, 15) is 4.79 Å². The number of nitrogens with two attached hydrogens (primary N) is 1. The third kappa shape index (κ3) is 3.92. The number of pyridine rings is 1. The third-order valence-corrected chi connectivity index (χ3v) is 5.66. The SMILES string of the molecule is C=C/C=C(\C=C)c1cc2c(nc1-c1ccc(C3CC(=O)C3)cc1)N(N)/C(=C\CC)N=C2. The van der Waals surface area contributed by atoms with Crippen LogP contribution in [0, 0.1) is 0 Å². The number of anilines is 1. The molecule has 0 unspecified atom stereocenters. The van der Waals surface area contributed by atoms with Gasteiger partial charge in [-0.15, -0.1) is 0 Å². The maximum Gasteiger partial charge on any atom is 0.158 e. The van der Waals surface area contributed by atoms with E-state index in [2.05, 4.69) is 42.4 Å². The summed E-state index contributed by atoms with van der Waals surface area (Å²) in [7, 11) is 0. The standard InChI is InChI=1S/C26H26N4O/c1-4-7-17(6-3)23-15-21-16-28-24(8-5-2)30(27)26(21)29-25(23)19-11-9-18(10-12-19)20-13-22(31)14-20/h4,6-12,15-16,20H,1,3,5,13-14,27H2,2H3/b17-7+,24-8-. The molecule has 0 amide bonds. The molecule has 2 aliphatic rings. The molecule has 1 aliphatic carbocycles. The van der Waals surface area contributed by atoms with Crippen molar-refractivity contribution in [1.82, 2.24) is 4.98 Å². The Kier molecular flexibility index (Phi) is 5.78. The maximum atomic E-state index is 11.4. The van der Waals surface area contributed by atoms with E-state index in [0.29, 0.717) is 36.2 Å². The van der Waals surface area contributed by atoms with Crippen molar-refractivity contribution in [2.24, 2.45) is 10.8 Å². The maximum absolute atomic E-state index is 11.4. The molecule has 1 aliphatic heterocycles. The molecule has 5 nitrogen and oxygen atoms in total. The van der Waals surface area contributed by atoms with Crippen LogP contribution in [-0.2, 0) is 4.79 Å². The van der Waals surface area contributed by atoms with Gasteiger partial charge in [0.05, 0.1) is 5.69 Å². The van der Waals surface area contributed by atoms with Crippen LogP contribution in [-0.4, -0.2) is 17.0 Å². The highest BCUT2D eigenvalue weighted by Gasteiger charge is 2.28. The molecule has 0 saturated heterocycles. The van der Waals surface area contributed by atoms with Crippen LogP contribution in [0.2, 0.25) is 0 Å². The van der Waals surface area contributed by atoms with Crippen LogP contribution in [0.25, 0.3) is 16.8 Å². The molecule has 0 radical (unpaired) electrons. The van der Waals surface area contributed by atoms with Gasteiger partial charge < -0.3 is 0 Å². The molecule has 1 fully saturated rings. The van der Waals surface area contributed by atoms with E-state index < -0.39 is 0 Å². The van der Waals surface area contributed by atoms with Gasteiger partial charge in [0.2, 0.25) is 0 Å². The van der Waals surface area contributed by atoms with Crippen LogP contribution in [0.15, 0.2) is 78.6 Å². The Morgan fingerprint density at radius 2 is 2.00 bits per heavy atom. The Hall–Kier alpha value is -3.57. The molecule has 4 rings (SSSR count). The van der Waals surface area contributed by atoms with Crippen molar-refractivity contribution in [3.8, 4) is 11.3 Å². The Morgan fingerprint density at radius 1 is 1.26 bits per heavy atom. The van der Waals surface area contributed by atoms with Gasteiger partial charge >= 0.3 is 0 Å². The molecule has 156 valence electrons. The van der Waals surface area contributed by atoms with E-state index >= 15 is 0 Å². The lowest BCUT2D eigenvalue weighted by Crippen LogP contribution is -2.33. The lowest BCUT2D eigenvalue weighted by Gasteiger charge is -2.26. The van der Waals surface area contributed by atoms with Crippen molar-refractivity contribution in [3.63, 3.8) is 0 Å². The second-order valence-electron chi connectivity index (χ2n) is 7.72. The minimum atomic E-state index is 0.332. The number of allylic oxidation sites excluding steroid dienone is 5. The van der Waals surface area contributed by atoms with E-state index in [1.54, 1.807) is 18.4 Å². The Balaban J connectivity index is 1.83. The average molecular weight is 411 g/mol. The minimum Gasteiger partial charge on any atom is -0.300 e. The lowest BCUT2D eigenvalue weighted by molar-refractivity contribution is -0.124. The molecule has 2 aromatic rings. The summed E-state index contributed by atoms with van der Waals surface area (Å²) in [6.45, 7) is 9.83. The van der Waals surface area contributed by atoms with E-state index in [1.807, 2.05) is 25.1 Å². The molecule has 1 aromatic heterocycles. The van der Waals surface area contributed by atoms with Gasteiger partial charge in [-0.3, -0.25) is 4.79 Å². The average Bonchev–Trinajstić information content (AvgIpc) is 2.77. The van der Waals surface area contributed by atoms with Gasteiger partial charge in [0, 0.05) is 35.7 Å². The molecule has 0 spiro atoms. The van der Waals surface area contributed by atoms with E-state index in [0.717, 1.165) is 34.4 Å². The molecule has 1 aromatic carbocycles. The van der Waals surface area contributed by atoms with Gasteiger partial charge in [0.25, 0.3) is 0 Å². The molecule has 5 heteroatoms. The van der Waals surface area contributed by atoms with Gasteiger partial charge in [0.15, 0.2) is 5.82 Å². The zero-order chi connectivity index (χ0) is 22.0. The summed E-state index contributed by atoms with van der Waals surface area (Å²) < 4.78 is 0. The van der Waals surface area contributed by atoms with Crippen LogP contribution >= 0.6 is 0 Å². The second-order valence-corrected chi connectivity index (χ2v) is 7.72. The zero-order valence-corrected chi connectivity index (χ0v) is 17.7. The molecule has 2 N–H and O–H groups in total. The Labute approximate surface area is 183 Å². The number of aliphatic imine (C=N–C) groups is 1. The number of carbonyl (C=O) groups is 1. The number of fused-ring (bicyclic) bond motifs is 1. The van der Waals surface area contributed by atoms with Gasteiger partial charge in [-0.2, -0.15) is 0 Å². The first-order chi connectivity index (χ1) is 15.0. The number of hydrogen-bond donors (Lipinski definition) is 1. The first-order valence-corrected chi connectivity index (χ1v) is 10.5. The monoisotopic (exact) mass is 410 g/mol.